The molecule has 4 rings (SSSR count). The smallest absolute Gasteiger partial charge is 0.321 e. The van der Waals surface area contributed by atoms with Crippen LogP contribution in [0, 0.1) is 13.8 Å². The van der Waals surface area contributed by atoms with Gasteiger partial charge < -0.3 is 15.0 Å². The second-order valence-electron chi connectivity index (χ2n) is 8.14. The number of piperidine rings is 1. The Morgan fingerprint density at radius 1 is 1.10 bits per heavy atom. The highest BCUT2D eigenvalue weighted by Crippen LogP contribution is 2.39. The third-order valence-corrected chi connectivity index (χ3v) is 6.43. The molecule has 6 nitrogen and oxygen atoms in total. The molecule has 3 heterocycles. The number of ether oxygens (including phenoxy) is 1. The van der Waals surface area contributed by atoms with Crippen LogP contribution in [0.3, 0.4) is 0 Å². The molecule has 0 saturated carbocycles. The number of nitrogens with one attached hydrogen (secondary N) is 1. The van der Waals surface area contributed by atoms with Crippen LogP contribution in [0.15, 0.2) is 42.7 Å². The van der Waals surface area contributed by atoms with E-state index in [4.69, 9.17) is 4.74 Å². The van der Waals surface area contributed by atoms with Crippen LogP contribution >= 0.6 is 0 Å². The van der Waals surface area contributed by atoms with Gasteiger partial charge in [0.1, 0.15) is 0 Å². The number of carbonyl (C=O) groups excluding carboxylic acids is 1. The Bertz CT molecular complexity index is 849. The fourth-order valence-corrected chi connectivity index (χ4v) is 4.47. The summed E-state index contributed by atoms with van der Waals surface area (Å²) in [6.45, 7) is 6.64. The topological polar surface area (TPSA) is 57.7 Å². The van der Waals surface area contributed by atoms with E-state index in [0.717, 1.165) is 38.2 Å². The lowest BCUT2D eigenvalue weighted by Crippen LogP contribution is -2.60. The molecule has 1 N–H and O–H groups in total. The van der Waals surface area contributed by atoms with Gasteiger partial charge in [-0.25, -0.2) is 4.79 Å². The first-order valence-corrected chi connectivity index (χ1v) is 10.4. The first-order valence-electron chi connectivity index (χ1n) is 10.4. The van der Waals surface area contributed by atoms with Crippen LogP contribution in [0.4, 0.5) is 10.5 Å². The van der Waals surface area contributed by atoms with E-state index in [2.05, 4.69) is 41.2 Å². The van der Waals surface area contributed by atoms with Crippen molar-refractivity contribution in [2.45, 2.75) is 44.9 Å². The Hall–Kier alpha value is -2.44. The fraction of sp³-hybridized carbons (Fsp3) is 0.478. The number of nitrogens with zero attached hydrogens (tertiary/aromatic N) is 3. The van der Waals surface area contributed by atoms with Crippen LogP contribution < -0.4 is 5.32 Å². The monoisotopic (exact) mass is 394 g/mol. The number of pyridine rings is 1. The van der Waals surface area contributed by atoms with Crippen molar-refractivity contribution < 1.29 is 9.53 Å². The molecule has 1 aromatic heterocycles. The number of anilines is 1. The number of urea groups is 1. The third-order valence-electron chi connectivity index (χ3n) is 6.43. The van der Waals surface area contributed by atoms with Gasteiger partial charge in [0.15, 0.2) is 0 Å². The van der Waals surface area contributed by atoms with E-state index in [1.807, 2.05) is 35.5 Å². The summed E-state index contributed by atoms with van der Waals surface area (Å²) in [5, 5.41) is 3.05. The number of aromatic nitrogens is 1. The van der Waals surface area contributed by atoms with E-state index in [1.165, 1.54) is 16.7 Å². The molecule has 2 aromatic rings. The SMILES string of the molecule is COC1CN(C2CCN(C(=O)Nc3ccc(C)c(C)c3)CC2)C1c1ccncc1. The van der Waals surface area contributed by atoms with Gasteiger partial charge in [0, 0.05) is 50.9 Å². The zero-order valence-corrected chi connectivity index (χ0v) is 17.5. The first kappa shape index (κ1) is 19.9. The molecule has 154 valence electrons. The Labute approximate surface area is 172 Å². The average molecular weight is 395 g/mol. The number of likely N-dealkylation sites (tertiary alicyclic amines) is 2. The maximum absolute atomic E-state index is 12.7. The van der Waals surface area contributed by atoms with E-state index < -0.39 is 0 Å². The normalized spacial score (nSPS) is 22.9. The number of benzene rings is 1. The lowest BCUT2D eigenvalue weighted by Gasteiger charge is -2.53. The van der Waals surface area contributed by atoms with E-state index in [1.54, 1.807) is 7.11 Å². The summed E-state index contributed by atoms with van der Waals surface area (Å²) >= 11 is 0. The first-order chi connectivity index (χ1) is 14.1. The Kier molecular flexibility index (Phi) is 5.83. The second kappa shape index (κ2) is 8.51. The summed E-state index contributed by atoms with van der Waals surface area (Å²) in [7, 11) is 1.79. The van der Waals surface area contributed by atoms with Crippen molar-refractivity contribution in [3.63, 3.8) is 0 Å². The van der Waals surface area contributed by atoms with Crippen LogP contribution in [0.25, 0.3) is 0 Å². The standard InChI is InChI=1S/C23H30N4O2/c1-16-4-5-19(14-17(16)2)25-23(28)26-12-8-20(9-13-26)27-15-21(29-3)22(27)18-6-10-24-11-7-18/h4-7,10-11,14,20-22H,8-9,12-13,15H2,1-3H3,(H,25,28). The zero-order valence-electron chi connectivity index (χ0n) is 17.5. The molecule has 2 saturated heterocycles. The molecule has 0 spiro atoms. The van der Waals surface area contributed by atoms with Crippen molar-refractivity contribution >= 4 is 11.7 Å². The van der Waals surface area contributed by atoms with Gasteiger partial charge in [0.2, 0.25) is 0 Å². The van der Waals surface area contributed by atoms with Gasteiger partial charge in [0.05, 0.1) is 12.1 Å². The van der Waals surface area contributed by atoms with Crippen molar-refractivity contribution in [2.24, 2.45) is 0 Å². The predicted octanol–water partition coefficient (Wildman–Crippen LogP) is 3.77. The minimum Gasteiger partial charge on any atom is -0.378 e. The van der Waals surface area contributed by atoms with Crippen LogP contribution in [0.2, 0.25) is 0 Å². The van der Waals surface area contributed by atoms with Crippen LogP contribution in [-0.2, 0) is 4.74 Å². The molecule has 1 aromatic carbocycles. The van der Waals surface area contributed by atoms with Crippen LogP contribution in [0.1, 0.15) is 35.6 Å². The Morgan fingerprint density at radius 2 is 1.83 bits per heavy atom. The minimum absolute atomic E-state index is 0.00392. The number of amides is 2. The molecule has 0 radical (unpaired) electrons. The number of rotatable bonds is 4. The molecule has 2 amide bonds. The number of aryl methyl sites for hydroxylation is 2. The van der Waals surface area contributed by atoms with Crippen molar-refractivity contribution in [2.75, 3.05) is 32.1 Å². The Morgan fingerprint density at radius 3 is 2.48 bits per heavy atom. The zero-order chi connectivity index (χ0) is 20.4. The summed E-state index contributed by atoms with van der Waals surface area (Å²) < 4.78 is 5.68. The van der Waals surface area contributed by atoms with Gasteiger partial charge in [-0.3, -0.25) is 9.88 Å². The van der Waals surface area contributed by atoms with Crippen molar-refractivity contribution in [3.8, 4) is 0 Å². The molecule has 2 aliphatic heterocycles. The molecule has 2 fully saturated rings. The molecule has 0 bridgehead atoms. The lowest BCUT2D eigenvalue weighted by molar-refractivity contribution is -0.115. The van der Waals surface area contributed by atoms with Gasteiger partial charge in [-0.2, -0.15) is 0 Å². The fourth-order valence-electron chi connectivity index (χ4n) is 4.47. The van der Waals surface area contributed by atoms with Crippen molar-refractivity contribution in [1.82, 2.24) is 14.8 Å². The van der Waals surface area contributed by atoms with E-state index in [9.17, 15) is 4.79 Å². The molecule has 6 heteroatoms. The highest BCUT2D eigenvalue weighted by Gasteiger charge is 2.44. The highest BCUT2D eigenvalue weighted by molar-refractivity contribution is 5.89. The maximum Gasteiger partial charge on any atom is 0.321 e. The van der Waals surface area contributed by atoms with Gasteiger partial charge in [0.25, 0.3) is 0 Å². The second-order valence-corrected chi connectivity index (χ2v) is 8.14. The molecular formula is C23H30N4O2. The lowest BCUT2D eigenvalue weighted by atomic mass is 9.87. The molecule has 2 unspecified atom stereocenters. The molecule has 2 atom stereocenters. The summed E-state index contributed by atoms with van der Waals surface area (Å²) in [5.74, 6) is 0. The van der Waals surface area contributed by atoms with Gasteiger partial charge in [-0.15, -0.1) is 0 Å². The highest BCUT2D eigenvalue weighted by atomic mass is 16.5. The van der Waals surface area contributed by atoms with Gasteiger partial charge >= 0.3 is 6.03 Å². The Balaban J connectivity index is 1.34. The number of hydrogen-bond acceptors (Lipinski definition) is 4. The van der Waals surface area contributed by atoms with Crippen LogP contribution in [-0.4, -0.2) is 59.7 Å². The molecule has 29 heavy (non-hydrogen) atoms. The largest absolute Gasteiger partial charge is 0.378 e. The summed E-state index contributed by atoms with van der Waals surface area (Å²) in [4.78, 5) is 21.3. The van der Waals surface area contributed by atoms with Crippen molar-refractivity contribution in [1.29, 1.82) is 0 Å². The minimum atomic E-state index is -0.00392. The maximum atomic E-state index is 12.7. The molecular weight excluding hydrogens is 364 g/mol. The molecule has 0 aliphatic carbocycles. The van der Waals surface area contributed by atoms with Crippen LogP contribution in [0.5, 0.6) is 0 Å². The number of methoxy groups -OCH3 is 1. The third kappa shape index (κ3) is 4.14. The predicted molar refractivity (Wildman–Crippen MR) is 114 cm³/mol. The summed E-state index contributed by atoms with van der Waals surface area (Å²) in [5.41, 5.74) is 4.54. The quantitative estimate of drug-likeness (QED) is 0.858. The van der Waals surface area contributed by atoms with E-state index in [0.29, 0.717) is 6.04 Å². The molecule has 2 aliphatic rings. The average Bonchev–Trinajstić information content (AvgIpc) is 2.71. The van der Waals surface area contributed by atoms with Gasteiger partial charge in [-0.1, -0.05) is 6.07 Å². The summed E-state index contributed by atoms with van der Waals surface area (Å²) in [6.07, 6.45) is 5.89. The number of hydrogen-bond donors (Lipinski definition) is 1. The van der Waals surface area contributed by atoms with Crippen molar-refractivity contribution in [3.05, 3.63) is 59.4 Å². The summed E-state index contributed by atoms with van der Waals surface area (Å²) in [6, 6.07) is 11.0. The van der Waals surface area contributed by atoms with E-state index in [-0.39, 0.29) is 18.2 Å². The number of carbonyl (C=O) groups is 1. The van der Waals surface area contributed by atoms with E-state index >= 15 is 0 Å². The van der Waals surface area contributed by atoms with Gasteiger partial charge in [-0.05, 0) is 67.6 Å².